The minimum atomic E-state index is 0.199. The lowest BCUT2D eigenvalue weighted by molar-refractivity contribution is -0.0311. The van der Waals surface area contributed by atoms with Crippen LogP contribution >= 0.6 is 0 Å². The van der Waals surface area contributed by atoms with Crippen molar-refractivity contribution in [3.8, 4) is 0 Å². The number of nitrogens with one attached hydrogen (secondary N) is 3. The van der Waals surface area contributed by atoms with Gasteiger partial charge < -0.3 is 16.0 Å². The van der Waals surface area contributed by atoms with E-state index in [1.165, 1.54) is 38.5 Å². The van der Waals surface area contributed by atoms with Gasteiger partial charge in [-0.3, -0.25) is 14.7 Å². The third-order valence-electron chi connectivity index (χ3n) is 13.3. The van der Waals surface area contributed by atoms with Crippen LogP contribution in [-0.2, 0) is 0 Å². The molecule has 0 aromatic carbocycles. The van der Waals surface area contributed by atoms with E-state index >= 15 is 0 Å². The zero-order chi connectivity index (χ0) is 35.9. The molecule has 1 aromatic heterocycles. The maximum atomic E-state index is 4.88. The lowest BCUT2D eigenvalue weighted by Gasteiger charge is -2.54. The zero-order valence-corrected chi connectivity index (χ0v) is 33.9. The van der Waals surface area contributed by atoms with Crippen molar-refractivity contribution < 1.29 is 0 Å². The van der Waals surface area contributed by atoms with E-state index in [1.807, 2.05) is 0 Å². The predicted octanol–water partition coefficient (Wildman–Crippen LogP) is 7.97. The number of hydrogen-bond acceptors (Lipinski definition) is 9. The highest BCUT2D eigenvalue weighted by Crippen LogP contribution is 2.43. The summed E-state index contributed by atoms with van der Waals surface area (Å²) < 4.78 is 0. The van der Waals surface area contributed by atoms with Gasteiger partial charge >= 0.3 is 0 Å². The third-order valence-corrected chi connectivity index (χ3v) is 13.3. The van der Waals surface area contributed by atoms with E-state index in [-0.39, 0.29) is 33.2 Å². The molecule has 3 aliphatic heterocycles. The number of anilines is 3. The Morgan fingerprint density at radius 1 is 0.417 bits per heavy atom. The molecule has 1 aromatic rings. The van der Waals surface area contributed by atoms with E-state index in [2.05, 4.69) is 135 Å². The van der Waals surface area contributed by atoms with Crippen LogP contribution < -0.4 is 16.0 Å². The second-order valence-corrected chi connectivity index (χ2v) is 19.8. The van der Waals surface area contributed by atoms with Crippen LogP contribution in [0.3, 0.4) is 0 Å². The Hall–Kier alpha value is -1.71. The van der Waals surface area contributed by atoms with E-state index in [0.717, 1.165) is 38.9 Å². The van der Waals surface area contributed by atoms with Crippen molar-refractivity contribution in [3.63, 3.8) is 0 Å². The number of hydrogen-bond donors (Lipinski definition) is 3. The first-order valence-electron chi connectivity index (χ1n) is 19.1. The Bertz CT molecular complexity index is 1010. The van der Waals surface area contributed by atoms with Gasteiger partial charge in [0.05, 0.1) is 0 Å². The highest BCUT2D eigenvalue weighted by atomic mass is 15.3. The van der Waals surface area contributed by atoms with Gasteiger partial charge in [-0.25, -0.2) is 0 Å². The standard InChI is InChI=1S/C39H75N9/c1-34(2)22-28(23-35(3,4)46(34)13)16-19-40-31-43-32(41-20-17-29-24-36(5,6)47(14)37(7,8)25-29)45-33(44-31)42-21-18-30-26-38(9,10)48(15)39(11,12)27-30/h28-30H,16-27H2,1-15H3,(H3,40,41,42,43,44,45). The van der Waals surface area contributed by atoms with E-state index < -0.39 is 0 Å². The molecule has 3 saturated heterocycles. The van der Waals surface area contributed by atoms with Crippen LogP contribution in [0.2, 0.25) is 0 Å². The summed E-state index contributed by atoms with van der Waals surface area (Å²) in [6.45, 7) is 31.2. The molecule has 0 saturated carbocycles. The van der Waals surface area contributed by atoms with Gasteiger partial charge in [0, 0.05) is 52.9 Å². The van der Waals surface area contributed by atoms with Crippen molar-refractivity contribution in [2.24, 2.45) is 17.8 Å². The fourth-order valence-corrected chi connectivity index (χ4v) is 10.1. The Morgan fingerprint density at radius 2 is 0.604 bits per heavy atom. The fraction of sp³-hybridized carbons (Fsp3) is 0.923. The lowest BCUT2D eigenvalue weighted by atomic mass is 9.73. The van der Waals surface area contributed by atoms with Gasteiger partial charge in [0.25, 0.3) is 0 Å². The molecule has 3 N–H and O–H groups in total. The summed E-state index contributed by atoms with van der Waals surface area (Å²) in [4.78, 5) is 22.3. The first-order chi connectivity index (χ1) is 21.9. The zero-order valence-electron chi connectivity index (χ0n) is 33.9. The van der Waals surface area contributed by atoms with Gasteiger partial charge in [0.2, 0.25) is 17.8 Å². The van der Waals surface area contributed by atoms with Gasteiger partial charge in [-0.05, 0) is 180 Å². The summed E-state index contributed by atoms with van der Waals surface area (Å²) in [5.74, 6) is 4.02. The average molecular weight is 670 g/mol. The van der Waals surface area contributed by atoms with Gasteiger partial charge in [-0.2, -0.15) is 15.0 Å². The molecule has 0 amide bonds. The van der Waals surface area contributed by atoms with Crippen LogP contribution in [0.4, 0.5) is 17.8 Å². The van der Waals surface area contributed by atoms with Gasteiger partial charge in [-0.1, -0.05) is 0 Å². The molecule has 9 heteroatoms. The van der Waals surface area contributed by atoms with Crippen LogP contribution in [0.1, 0.15) is 141 Å². The van der Waals surface area contributed by atoms with Gasteiger partial charge in [-0.15, -0.1) is 0 Å². The number of rotatable bonds is 12. The quantitative estimate of drug-likeness (QED) is 0.205. The summed E-state index contributed by atoms with van der Waals surface area (Å²) in [7, 11) is 6.85. The smallest absolute Gasteiger partial charge is 0.229 e. The molecule has 3 aliphatic rings. The Labute approximate surface area is 295 Å². The van der Waals surface area contributed by atoms with E-state index in [9.17, 15) is 0 Å². The van der Waals surface area contributed by atoms with Crippen LogP contribution in [0, 0.1) is 17.8 Å². The molecule has 4 heterocycles. The Kier molecular flexibility index (Phi) is 11.5. The molecule has 0 unspecified atom stereocenters. The number of nitrogens with zero attached hydrogens (tertiary/aromatic N) is 6. The molecular formula is C39H75N9. The van der Waals surface area contributed by atoms with Crippen molar-refractivity contribution in [1.82, 2.24) is 29.7 Å². The highest BCUT2D eigenvalue weighted by molar-refractivity contribution is 5.42. The lowest BCUT2D eigenvalue weighted by Crippen LogP contribution is -2.58. The maximum absolute atomic E-state index is 4.88. The second kappa shape index (κ2) is 14.1. The summed E-state index contributed by atoms with van der Waals surface area (Å²) in [6.07, 6.45) is 10.6. The molecule has 9 nitrogen and oxygen atoms in total. The largest absolute Gasteiger partial charge is 0.354 e. The van der Waals surface area contributed by atoms with E-state index in [4.69, 9.17) is 15.0 Å². The molecule has 4 rings (SSSR count). The van der Waals surface area contributed by atoms with Crippen molar-refractivity contribution in [2.45, 2.75) is 174 Å². The molecule has 276 valence electrons. The summed E-state index contributed by atoms with van der Waals surface area (Å²) in [5, 5.41) is 10.8. The molecule has 48 heavy (non-hydrogen) atoms. The molecule has 3 fully saturated rings. The molecule has 0 bridgehead atoms. The SMILES string of the molecule is CN1C(C)(C)CC(CCNc2nc(NCCC3CC(C)(C)N(C)C(C)(C)C3)nc(NCCC3CC(C)(C)N(C)C(C)(C)C3)n2)CC1(C)C. The fourth-order valence-electron chi connectivity index (χ4n) is 10.1. The minimum absolute atomic E-state index is 0.199. The monoisotopic (exact) mass is 670 g/mol. The predicted molar refractivity (Wildman–Crippen MR) is 205 cm³/mol. The maximum Gasteiger partial charge on any atom is 0.229 e. The number of piperidine rings is 3. The van der Waals surface area contributed by atoms with Gasteiger partial charge in [0.15, 0.2) is 0 Å². The van der Waals surface area contributed by atoms with Gasteiger partial charge in [0.1, 0.15) is 0 Å². The van der Waals surface area contributed by atoms with Crippen LogP contribution in [0.5, 0.6) is 0 Å². The van der Waals surface area contributed by atoms with Crippen LogP contribution in [0.15, 0.2) is 0 Å². The second-order valence-electron chi connectivity index (χ2n) is 19.8. The minimum Gasteiger partial charge on any atom is -0.354 e. The Balaban J connectivity index is 1.40. The van der Waals surface area contributed by atoms with Crippen molar-refractivity contribution >= 4 is 17.8 Å². The molecular weight excluding hydrogens is 594 g/mol. The topological polar surface area (TPSA) is 84.5 Å². The van der Waals surface area contributed by atoms with Crippen LogP contribution in [-0.4, -0.2) is 104 Å². The first-order valence-corrected chi connectivity index (χ1v) is 19.1. The summed E-state index contributed by atoms with van der Waals surface area (Å²) >= 11 is 0. The number of aromatic nitrogens is 3. The van der Waals surface area contributed by atoms with Crippen molar-refractivity contribution in [2.75, 3.05) is 56.7 Å². The normalized spacial score (nSPS) is 26.3. The molecule has 0 aliphatic carbocycles. The van der Waals surface area contributed by atoms with E-state index in [1.54, 1.807) is 0 Å². The van der Waals surface area contributed by atoms with Crippen molar-refractivity contribution in [1.29, 1.82) is 0 Å². The summed E-state index contributed by atoms with van der Waals surface area (Å²) in [6, 6.07) is 0. The molecule has 0 radical (unpaired) electrons. The highest BCUT2D eigenvalue weighted by Gasteiger charge is 2.44. The molecule has 0 atom stereocenters. The summed E-state index contributed by atoms with van der Waals surface area (Å²) in [5.41, 5.74) is 1.19. The number of likely N-dealkylation sites (tertiary alicyclic amines) is 3. The first kappa shape index (κ1) is 39.1. The average Bonchev–Trinajstić information content (AvgIpc) is 2.92. The molecule has 0 spiro atoms. The van der Waals surface area contributed by atoms with E-state index in [0.29, 0.717) is 35.6 Å². The van der Waals surface area contributed by atoms with Crippen molar-refractivity contribution in [3.05, 3.63) is 0 Å². The van der Waals surface area contributed by atoms with Crippen LogP contribution in [0.25, 0.3) is 0 Å². The Morgan fingerprint density at radius 3 is 0.792 bits per heavy atom. The third kappa shape index (κ3) is 9.34.